The second-order valence-corrected chi connectivity index (χ2v) is 9.73. The van der Waals surface area contributed by atoms with Crippen molar-refractivity contribution in [3.63, 3.8) is 0 Å². The van der Waals surface area contributed by atoms with Crippen molar-refractivity contribution in [3.8, 4) is 0 Å². The Labute approximate surface area is 224 Å². The monoisotopic (exact) mass is 538 g/mol. The zero-order chi connectivity index (χ0) is 26.9. The van der Waals surface area contributed by atoms with Crippen molar-refractivity contribution in [1.29, 1.82) is 0 Å². The molecule has 3 aromatic rings. The number of rotatable bonds is 11. The summed E-state index contributed by atoms with van der Waals surface area (Å²) in [5.41, 5.74) is 0.881. The summed E-state index contributed by atoms with van der Waals surface area (Å²) in [6, 6.07) is 13.6. The molecule has 38 heavy (non-hydrogen) atoms. The summed E-state index contributed by atoms with van der Waals surface area (Å²) in [6.07, 6.45) is 2.71. The van der Waals surface area contributed by atoms with E-state index in [2.05, 4.69) is 15.6 Å². The molecule has 2 aromatic carbocycles. The van der Waals surface area contributed by atoms with Gasteiger partial charge >= 0.3 is 5.97 Å². The van der Waals surface area contributed by atoms with Gasteiger partial charge in [-0.2, -0.15) is 0 Å². The number of amides is 2. The van der Waals surface area contributed by atoms with Crippen molar-refractivity contribution in [2.75, 3.05) is 31.3 Å². The first kappa shape index (κ1) is 27.3. The molecule has 1 aliphatic rings. The Morgan fingerprint density at radius 2 is 1.92 bits per heavy atom. The second-order valence-electron chi connectivity index (χ2n) is 8.78. The molecule has 1 aromatic heterocycles. The third-order valence-electron chi connectivity index (χ3n) is 6.10. The lowest BCUT2D eigenvalue weighted by Crippen LogP contribution is -2.32. The van der Waals surface area contributed by atoms with Gasteiger partial charge in [0.2, 0.25) is 11.8 Å². The maximum absolute atomic E-state index is 13.3. The van der Waals surface area contributed by atoms with Crippen LogP contribution in [0.15, 0.2) is 58.5 Å². The number of carbonyl (C=O) groups is 3. The van der Waals surface area contributed by atoms with Gasteiger partial charge in [0.1, 0.15) is 0 Å². The van der Waals surface area contributed by atoms with Gasteiger partial charge in [0.15, 0.2) is 5.16 Å². The molecular formula is C27H30N4O6S. The number of hydrogen-bond acceptors (Lipinski definition) is 8. The number of carbonyl (C=O) groups excluding carboxylic acids is 3. The topological polar surface area (TPSA) is 129 Å². The van der Waals surface area contributed by atoms with E-state index in [0.717, 1.165) is 31.2 Å². The molecule has 0 aliphatic carbocycles. The summed E-state index contributed by atoms with van der Waals surface area (Å²) < 4.78 is 11.8. The van der Waals surface area contributed by atoms with Gasteiger partial charge in [0.05, 0.1) is 41.1 Å². The number of anilines is 1. The molecule has 2 N–H and O–H groups in total. The van der Waals surface area contributed by atoms with E-state index in [1.54, 1.807) is 48.5 Å². The Kier molecular flexibility index (Phi) is 9.50. The summed E-state index contributed by atoms with van der Waals surface area (Å²) in [6.45, 7) is 1.50. The predicted octanol–water partition coefficient (Wildman–Crippen LogP) is 2.99. The van der Waals surface area contributed by atoms with Gasteiger partial charge in [0, 0.05) is 26.1 Å². The van der Waals surface area contributed by atoms with Gasteiger partial charge in [-0.3, -0.25) is 19.0 Å². The average molecular weight is 539 g/mol. The molecule has 2 amide bonds. The maximum Gasteiger partial charge on any atom is 0.339 e. The minimum absolute atomic E-state index is 0.0395. The summed E-state index contributed by atoms with van der Waals surface area (Å²) in [7, 11) is 1.27. The van der Waals surface area contributed by atoms with Gasteiger partial charge < -0.3 is 20.1 Å². The molecule has 0 radical (unpaired) electrons. The van der Waals surface area contributed by atoms with Crippen molar-refractivity contribution in [2.45, 2.75) is 43.5 Å². The van der Waals surface area contributed by atoms with Crippen molar-refractivity contribution in [2.24, 2.45) is 0 Å². The Morgan fingerprint density at radius 3 is 2.71 bits per heavy atom. The molecule has 1 aliphatic heterocycles. The number of thioether (sulfide) groups is 1. The Morgan fingerprint density at radius 1 is 1.13 bits per heavy atom. The highest BCUT2D eigenvalue weighted by Crippen LogP contribution is 2.21. The summed E-state index contributed by atoms with van der Waals surface area (Å²) >= 11 is 1.12. The minimum atomic E-state index is -0.557. The van der Waals surface area contributed by atoms with Crippen molar-refractivity contribution in [1.82, 2.24) is 14.9 Å². The number of ether oxygens (including phenoxy) is 2. The van der Waals surface area contributed by atoms with Gasteiger partial charge in [0.25, 0.3) is 5.56 Å². The average Bonchev–Trinajstić information content (AvgIpc) is 3.46. The van der Waals surface area contributed by atoms with Crippen LogP contribution in [-0.2, 0) is 25.6 Å². The normalized spacial score (nSPS) is 14.8. The number of nitrogens with one attached hydrogen (secondary N) is 2. The molecule has 1 fully saturated rings. The van der Waals surface area contributed by atoms with Crippen LogP contribution in [0.5, 0.6) is 0 Å². The van der Waals surface area contributed by atoms with Crippen LogP contribution in [0.1, 0.15) is 36.0 Å². The molecule has 4 rings (SSSR count). The Hall–Kier alpha value is -3.70. The lowest BCUT2D eigenvalue weighted by molar-refractivity contribution is -0.121. The van der Waals surface area contributed by atoms with Crippen LogP contribution in [0, 0.1) is 0 Å². The molecule has 10 nitrogen and oxygen atoms in total. The molecule has 1 atom stereocenters. The molecule has 0 bridgehead atoms. The van der Waals surface area contributed by atoms with E-state index in [4.69, 9.17) is 9.47 Å². The number of methoxy groups -OCH3 is 1. The van der Waals surface area contributed by atoms with E-state index in [1.165, 1.54) is 11.7 Å². The van der Waals surface area contributed by atoms with Crippen LogP contribution in [-0.4, -0.2) is 59.5 Å². The highest BCUT2D eigenvalue weighted by atomic mass is 32.2. The Balaban J connectivity index is 1.42. The molecule has 200 valence electrons. The predicted molar refractivity (Wildman–Crippen MR) is 144 cm³/mol. The first-order valence-electron chi connectivity index (χ1n) is 12.4. The van der Waals surface area contributed by atoms with Crippen LogP contribution in [0.2, 0.25) is 0 Å². The fourth-order valence-corrected chi connectivity index (χ4v) is 5.00. The Bertz CT molecular complexity index is 1370. The van der Waals surface area contributed by atoms with E-state index in [1.807, 2.05) is 0 Å². The SMILES string of the molecule is COC(=O)c1ccccc1NC(=O)CSc1nc2ccccc2c(=O)n1CCCC(=O)NCC1CCCO1. The van der Waals surface area contributed by atoms with Gasteiger partial charge in [-0.15, -0.1) is 0 Å². The van der Waals surface area contributed by atoms with Crippen molar-refractivity contribution >= 4 is 46.1 Å². The summed E-state index contributed by atoms with van der Waals surface area (Å²) in [4.78, 5) is 54.9. The maximum atomic E-state index is 13.3. The highest BCUT2D eigenvalue weighted by molar-refractivity contribution is 7.99. The molecule has 0 saturated carbocycles. The van der Waals surface area contributed by atoms with Gasteiger partial charge in [-0.25, -0.2) is 9.78 Å². The summed E-state index contributed by atoms with van der Waals surface area (Å²) in [5.74, 6) is -1.06. The van der Waals surface area contributed by atoms with Crippen LogP contribution in [0.25, 0.3) is 10.9 Å². The molecule has 1 unspecified atom stereocenters. The second kappa shape index (κ2) is 13.2. The number of aromatic nitrogens is 2. The van der Waals surface area contributed by atoms with E-state index in [9.17, 15) is 19.2 Å². The summed E-state index contributed by atoms with van der Waals surface area (Å²) in [5, 5.41) is 6.46. The number of hydrogen-bond donors (Lipinski definition) is 2. The fraction of sp³-hybridized carbons (Fsp3) is 0.370. The van der Waals surface area contributed by atoms with Gasteiger partial charge in [-0.05, 0) is 43.5 Å². The molecular weight excluding hydrogens is 508 g/mol. The smallest absolute Gasteiger partial charge is 0.339 e. The third kappa shape index (κ3) is 6.99. The quantitative estimate of drug-likeness (QED) is 0.217. The van der Waals surface area contributed by atoms with Crippen molar-refractivity contribution < 1.29 is 23.9 Å². The number of para-hydroxylation sites is 2. The number of esters is 1. The standard InChI is InChI=1S/C27H30N4O6S/c1-36-26(35)20-10-3-5-12-22(20)29-24(33)17-38-27-30-21-11-4-2-9-19(21)25(34)31(27)14-6-13-23(32)28-16-18-8-7-15-37-18/h2-5,9-12,18H,6-8,13-17H2,1H3,(H,28,32)(H,29,33). The van der Waals surface area contributed by atoms with E-state index >= 15 is 0 Å². The van der Waals surface area contributed by atoms with Crippen LogP contribution in [0.3, 0.4) is 0 Å². The lowest BCUT2D eigenvalue weighted by atomic mass is 10.2. The van der Waals surface area contributed by atoms with Crippen LogP contribution >= 0.6 is 11.8 Å². The van der Waals surface area contributed by atoms with E-state index in [-0.39, 0.29) is 47.8 Å². The first-order chi connectivity index (χ1) is 18.5. The highest BCUT2D eigenvalue weighted by Gasteiger charge is 2.18. The van der Waals surface area contributed by atoms with Crippen LogP contribution in [0.4, 0.5) is 5.69 Å². The molecule has 2 heterocycles. The molecule has 0 spiro atoms. The number of fused-ring (bicyclic) bond motifs is 1. The van der Waals surface area contributed by atoms with E-state index < -0.39 is 5.97 Å². The molecule has 11 heteroatoms. The minimum Gasteiger partial charge on any atom is -0.465 e. The largest absolute Gasteiger partial charge is 0.465 e. The fourth-order valence-electron chi connectivity index (χ4n) is 4.17. The van der Waals surface area contributed by atoms with Crippen molar-refractivity contribution in [3.05, 3.63) is 64.4 Å². The molecule has 1 saturated heterocycles. The van der Waals surface area contributed by atoms with Crippen LogP contribution < -0.4 is 16.2 Å². The zero-order valence-corrected chi connectivity index (χ0v) is 21.9. The lowest BCUT2D eigenvalue weighted by Gasteiger charge is -2.14. The van der Waals surface area contributed by atoms with E-state index in [0.29, 0.717) is 34.7 Å². The van der Waals surface area contributed by atoms with Gasteiger partial charge in [-0.1, -0.05) is 36.0 Å². The number of nitrogens with zero attached hydrogens (tertiary/aromatic N) is 2. The zero-order valence-electron chi connectivity index (χ0n) is 21.1. The number of benzene rings is 2. The first-order valence-corrected chi connectivity index (χ1v) is 13.4. The third-order valence-corrected chi connectivity index (χ3v) is 7.08.